The van der Waals surface area contributed by atoms with Gasteiger partial charge < -0.3 is 4.90 Å². The van der Waals surface area contributed by atoms with Crippen LogP contribution in [0.25, 0.3) is 0 Å². The number of aliphatic imine (C=N–C) groups is 1. The molecule has 0 saturated carbocycles. The molecule has 3 rings (SSSR count). The average molecular weight is 309 g/mol. The Morgan fingerprint density at radius 3 is 2.71 bits per heavy atom. The Morgan fingerprint density at radius 1 is 1.19 bits per heavy atom. The van der Waals surface area contributed by atoms with Crippen LogP contribution in [0.1, 0.15) is 11.1 Å². The van der Waals surface area contributed by atoms with Crippen molar-refractivity contribution in [2.45, 2.75) is 0 Å². The Kier molecular flexibility index (Phi) is 3.47. The molecule has 1 amide bonds. The van der Waals surface area contributed by atoms with E-state index in [1.807, 2.05) is 0 Å². The Morgan fingerprint density at radius 2 is 1.95 bits per heavy atom. The van der Waals surface area contributed by atoms with Gasteiger partial charge in [-0.1, -0.05) is 23.7 Å². The standard InChI is InChI=1S/C16H12ClFN2O/c1-20-14-7-6-10(17)8-12(14)16(19-9-15(20)21)11-4-2-3-5-13(11)18/h2-8H,9H2,1H3/i6+1,7+1,8+1,10+1,12+1,14+1. The SMILES string of the molecule is CN1C(=O)CN=C(c2ccccc2F)[13c]2[13cH][13c](Cl)[13cH][13cH][13c]21. The molecule has 0 atom stereocenters. The maximum absolute atomic E-state index is 14.1. The van der Waals surface area contributed by atoms with E-state index in [0.717, 1.165) is 0 Å². The summed E-state index contributed by atoms with van der Waals surface area (Å²) < 4.78 is 14.1. The lowest BCUT2D eigenvalue weighted by Gasteiger charge is -2.18. The zero-order valence-corrected chi connectivity index (χ0v) is 12.1. The highest BCUT2D eigenvalue weighted by atomic mass is 35.5. The van der Waals surface area contributed by atoms with Crippen LogP contribution in [0.4, 0.5) is 10.1 Å². The topological polar surface area (TPSA) is 32.7 Å². The van der Waals surface area contributed by atoms with Crippen molar-refractivity contribution in [2.24, 2.45) is 4.99 Å². The van der Waals surface area contributed by atoms with Crippen LogP contribution in [-0.2, 0) is 4.79 Å². The molecular formula is C16H12ClFN2O. The van der Waals surface area contributed by atoms with Crippen LogP contribution in [-0.4, -0.2) is 25.2 Å². The predicted molar refractivity (Wildman–Crippen MR) is 81.8 cm³/mol. The van der Waals surface area contributed by atoms with Crippen molar-refractivity contribution in [3.63, 3.8) is 0 Å². The third-order valence-corrected chi connectivity index (χ3v) is 3.69. The fourth-order valence-corrected chi connectivity index (χ4v) is 2.52. The molecule has 0 spiro atoms. The van der Waals surface area contributed by atoms with Crippen LogP contribution in [0, 0.1) is 5.82 Å². The van der Waals surface area contributed by atoms with E-state index in [0.29, 0.717) is 27.5 Å². The Hall–Kier alpha value is -2.20. The second kappa shape index (κ2) is 5.30. The highest BCUT2D eigenvalue weighted by Crippen LogP contribution is 2.29. The second-order valence-electron chi connectivity index (χ2n) is 4.76. The van der Waals surface area contributed by atoms with Gasteiger partial charge in [-0.2, -0.15) is 0 Å². The van der Waals surface area contributed by atoms with Gasteiger partial charge >= 0.3 is 0 Å². The van der Waals surface area contributed by atoms with Gasteiger partial charge in [0.1, 0.15) is 12.4 Å². The number of benzene rings is 2. The van der Waals surface area contributed by atoms with Gasteiger partial charge in [0.25, 0.3) is 0 Å². The molecule has 21 heavy (non-hydrogen) atoms. The summed E-state index contributed by atoms with van der Waals surface area (Å²) in [7, 11) is 1.68. The van der Waals surface area contributed by atoms with Crippen LogP contribution in [0.5, 0.6) is 0 Å². The van der Waals surface area contributed by atoms with Crippen LogP contribution in [0.2, 0.25) is 5.02 Å². The summed E-state index contributed by atoms with van der Waals surface area (Å²) in [4.78, 5) is 17.8. The van der Waals surface area contributed by atoms with Gasteiger partial charge in [0.2, 0.25) is 5.91 Å². The van der Waals surface area contributed by atoms with E-state index in [1.54, 1.807) is 43.4 Å². The summed E-state index contributed by atoms with van der Waals surface area (Å²) >= 11 is 6.05. The molecule has 0 aliphatic carbocycles. The molecule has 0 radical (unpaired) electrons. The van der Waals surface area contributed by atoms with E-state index in [2.05, 4.69) is 4.99 Å². The first-order chi connectivity index (χ1) is 10.1. The fourth-order valence-electron chi connectivity index (χ4n) is 2.35. The summed E-state index contributed by atoms with van der Waals surface area (Å²) in [5, 5.41) is 0.514. The van der Waals surface area contributed by atoms with Gasteiger partial charge in [-0.25, -0.2) is 4.39 Å². The maximum atomic E-state index is 14.1. The third kappa shape index (κ3) is 2.43. The molecule has 0 aromatic heterocycles. The normalized spacial score (nSPS) is 14.5. The number of carbonyl (C=O) groups excluding carboxylic acids is 1. The van der Waals surface area contributed by atoms with Crippen LogP contribution in [0.3, 0.4) is 0 Å². The molecule has 0 N–H and O–H groups in total. The smallest absolute Gasteiger partial charge is 0.248 e. The third-order valence-electron chi connectivity index (χ3n) is 3.45. The molecule has 0 bridgehead atoms. The zero-order chi connectivity index (χ0) is 15.0. The van der Waals surface area contributed by atoms with Gasteiger partial charge in [0, 0.05) is 23.2 Å². The van der Waals surface area contributed by atoms with E-state index < -0.39 is 0 Å². The molecule has 0 fully saturated rings. The molecule has 1 aliphatic heterocycles. The highest BCUT2D eigenvalue weighted by molar-refractivity contribution is 6.32. The van der Waals surface area contributed by atoms with Crippen molar-refractivity contribution in [2.75, 3.05) is 18.5 Å². The second-order valence-corrected chi connectivity index (χ2v) is 5.20. The molecule has 1 heterocycles. The number of likely N-dealkylation sites (N-methyl/N-ethyl adjacent to an activating group) is 1. The molecule has 2 aromatic carbocycles. The van der Waals surface area contributed by atoms with E-state index >= 15 is 0 Å². The molecule has 106 valence electrons. The molecule has 0 saturated heterocycles. The quantitative estimate of drug-likeness (QED) is 0.795. The van der Waals surface area contributed by atoms with Crippen molar-refractivity contribution < 1.29 is 9.18 Å². The number of rotatable bonds is 1. The van der Waals surface area contributed by atoms with Gasteiger partial charge in [-0.05, 0) is 30.3 Å². The first-order valence-electron chi connectivity index (χ1n) is 6.44. The number of hydrogen-bond acceptors (Lipinski definition) is 2. The number of nitrogens with zero attached hydrogens (tertiary/aromatic N) is 2. The largest absolute Gasteiger partial charge is 0.313 e. The average Bonchev–Trinajstić information content (AvgIpc) is 2.59. The number of anilines is 1. The van der Waals surface area contributed by atoms with Gasteiger partial charge in [-0.3, -0.25) is 9.79 Å². The first kappa shape index (κ1) is 13.8. The van der Waals surface area contributed by atoms with Crippen molar-refractivity contribution in [1.82, 2.24) is 0 Å². The molecule has 1 aliphatic rings. The number of fused-ring (bicyclic) bond motifs is 1. The number of benzodiazepines with no additional fused rings is 1. The molecule has 0 unspecified atom stereocenters. The molecule has 2 aromatic rings. The summed E-state index contributed by atoms with van der Waals surface area (Å²) in [6, 6.07) is 11.5. The summed E-state index contributed by atoms with van der Waals surface area (Å²) in [6.45, 7) is -0.0214. The molecule has 5 heteroatoms. The maximum Gasteiger partial charge on any atom is 0.248 e. The van der Waals surface area contributed by atoms with E-state index in [4.69, 9.17) is 11.6 Å². The van der Waals surface area contributed by atoms with Crippen molar-refractivity contribution in [1.29, 1.82) is 0 Å². The number of hydrogen-bond donors (Lipinski definition) is 0. The van der Waals surface area contributed by atoms with Gasteiger partial charge in [0.15, 0.2) is 0 Å². The molecular weight excluding hydrogens is 297 g/mol. The molecule has 3 nitrogen and oxygen atoms in total. The Labute approximate surface area is 126 Å². The minimum Gasteiger partial charge on any atom is -0.313 e. The van der Waals surface area contributed by atoms with Crippen molar-refractivity contribution >= 4 is 28.9 Å². The number of halogens is 2. The van der Waals surface area contributed by atoms with E-state index in [1.165, 1.54) is 11.0 Å². The lowest BCUT2D eigenvalue weighted by Crippen LogP contribution is -2.27. The van der Waals surface area contributed by atoms with Crippen LogP contribution in [0.15, 0.2) is 47.5 Å². The van der Waals surface area contributed by atoms with Crippen LogP contribution >= 0.6 is 11.6 Å². The van der Waals surface area contributed by atoms with Crippen molar-refractivity contribution in [3.05, 3.63) is 64.4 Å². The first-order valence-corrected chi connectivity index (χ1v) is 6.81. The zero-order valence-electron chi connectivity index (χ0n) is 11.3. The van der Waals surface area contributed by atoms with Crippen molar-refractivity contribution in [3.8, 4) is 0 Å². The van der Waals surface area contributed by atoms with E-state index in [-0.39, 0.29) is 18.3 Å². The van der Waals surface area contributed by atoms with Crippen LogP contribution < -0.4 is 4.90 Å². The number of carbonyl (C=O) groups is 1. The predicted octanol–water partition coefficient (Wildman–Crippen LogP) is 3.29. The summed E-state index contributed by atoms with van der Waals surface area (Å²) in [5.41, 5.74) is 2.14. The lowest BCUT2D eigenvalue weighted by molar-refractivity contribution is -0.116. The fraction of sp³-hybridized carbons (Fsp3) is 0.125. The Balaban J connectivity index is 2.26. The summed E-state index contributed by atoms with van der Waals surface area (Å²) in [6.07, 6.45) is 0. The summed E-state index contributed by atoms with van der Waals surface area (Å²) in [5.74, 6) is -0.524. The highest BCUT2D eigenvalue weighted by Gasteiger charge is 2.23. The minimum atomic E-state index is -0.376. The monoisotopic (exact) mass is 308 g/mol. The number of amides is 1. The lowest BCUT2D eigenvalue weighted by atomic mass is 10.1. The minimum absolute atomic E-state index is 0.0214. The Bertz CT molecular complexity index is 758. The van der Waals surface area contributed by atoms with E-state index in [9.17, 15) is 9.18 Å². The van der Waals surface area contributed by atoms with Gasteiger partial charge in [0.05, 0.1) is 11.4 Å². The van der Waals surface area contributed by atoms with Gasteiger partial charge in [-0.15, -0.1) is 0 Å².